The van der Waals surface area contributed by atoms with Crippen LogP contribution in [-0.4, -0.2) is 30.1 Å². The van der Waals surface area contributed by atoms with E-state index in [-0.39, 0.29) is 30.7 Å². The molecule has 0 radical (unpaired) electrons. The number of carbonyl (C=O) groups excluding carboxylic acids is 1. The van der Waals surface area contributed by atoms with Crippen LogP contribution in [0.2, 0.25) is 0 Å². The van der Waals surface area contributed by atoms with Crippen LogP contribution in [0.4, 0.5) is 0 Å². The lowest BCUT2D eigenvalue weighted by Crippen LogP contribution is -2.34. The van der Waals surface area contributed by atoms with Crippen molar-refractivity contribution in [1.82, 2.24) is 0 Å². The molecular formula is C18H26O4. The maximum atomic E-state index is 12.3. The fraction of sp³-hybridized carbons (Fsp3) is 0.944. The smallest absolute Gasteiger partial charge is 0.311 e. The van der Waals surface area contributed by atoms with E-state index in [0.717, 1.165) is 37.0 Å². The number of hydrogen-bond acceptors (Lipinski definition) is 4. The number of aliphatic hydroxyl groups is 1. The van der Waals surface area contributed by atoms with Crippen LogP contribution in [0.3, 0.4) is 0 Å². The Morgan fingerprint density at radius 1 is 0.909 bits per heavy atom. The second-order valence-electron chi connectivity index (χ2n) is 8.62. The van der Waals surface area contributed by atoms with Crippen LogP contribution in [0.25, 0.3) is 0 Å². The third-order valence-corrected chi connectivity index (χ3v) is 7.52. The van der Waals surface area contributed by atoms with Gasteiger partial charge in [0.05, 0.1) is 18.1 Å². The average Bonchev–Trinajstić information content (AvgIpc) is 3.19. The molecule has 0 aliphatic heterocycles. The van der Waals surface area contributed by atoms with Gasteiger partial charge in [-0.15, -0.1) is 0 Å². The minimum Gasteiger partial charge on any atom is -0.438 e. The highest BCUT2D eigenvalue weighted by molar-refractivity contribution is 5.73. The molecule has 9 unspecified atom stereocenters. The van der Waals surface area contributed by atoms with Crippen molar-refractivity contribution in [2.24, 2.45) is 41.4 Å². The first kappa shape index (κ1) is 13.8. The van der Waals surface area contributed by atoms with Crippen LogP contribution in [0.15, 0.2) is 0 Å². The Morgan fingerprint density at radius 3 is 2.45 bits per heavy atom. The molecule has 4 heteroatoms. The lowest BCUT2D eigenvalue weighted by molar-refractivity contribution is -0.174. The lowest BCUT2D eigenvalue weighted by Gasteiger charge is -2.32. The Bertz CT molecular complexity index is 474. The van der Waals surface area contributed by atoms with Gasteiger partial charge in [-0.3, -0.25) is 4.79 Å². The quantitative estimate of drug-likeness (QED) is 0.640. The lowest BCUT2D eigenvalue weighted by atomic mass is 9.80. The fourth-order valence-corrected chi connectivity index (χ4v) is 6.80. The molecule has 6 aliphatic rings. The molecule has 0 spiro atoms. The molecule has 6 aliphatic carbocycles. The molecule has 4 nitrogen and oxygen atoms in total. The molecule has 6 fully saturated rings. The van der Waals surface area contributed by atoms with Gasteiger partial charge in [0.2, 0.25) is 0 Å². The predicted molar refractivity (Wildman–Crippen MR) is 78.6 cm³/mol. The highest BCUT2D eigenvalue weighted by Gasteiger charge is 2.54. The van der Waals surface area contributed by atoms with Crippen molar-refractivity contribution in [1.29, 1.82) is 0 Å². The van der Waals surface area contributed by atoms with Crippen LogP contribution >= 0.6 is 0 Å². The monoisotopic (exact) mass is 306 g/mol. The van der Waals surface area contributed by atoms with E-state index in [1.807, 2.05) is 0 Å². The molecule has 0 aromatic carbocycles. The zero-order valence-corrected chi connectivity index (χ0v) is 13.0. The van der Waals surface area contributed by atoms with Gasteiger partial charge in [0.1, 0.15) is 0 Å². The number of esters is 1. The van der Waals surface area contributed by atoms with Crippen molar-refractivity contribution in [3.63, 3.8) is 0 Å². The van der Waals surface area contributed by atoms with Crippen LogP contribution in [-0.2, 0) is 14.3 Å². The zero-order valence-electron chi connectivity index (χ0n) is 13.0. The largest absolute Gasteiger partial charge is 0.438 e. The second kappa shape index (κ2) is 4.94. The maximum Gasteiger partial charge on any atom is 0.311 e. The van der Waals surface area contributed by atoms with Gasteiger partial charge in [0.25, 0.3) is 0 Å². The number of fused-ring (bicyclic) bond motifs is 2. The van der Waals surface area contributed by atoms with Gasteiger partial charge in [0.15, 0.2) is 6.79 Å². The summed E-state index contributed by atoms with van der Waals surface area (Å²) in [5.41, 5.74) is 0. The summed E-state index contributed by atoms with van der Waals surface area (Å²) >= 11 is 0. The Hall–Kier alpha value is -0.610. The normalized spacial score (nSPS) is 54.3. The molecule has 6 saturated carbocycles. The van der Waals surface area contributed by atoms with Gasteiger partial charge in [0, 0.05) is 0 Å². The van der Waals surface area contributed by atoms with E-state index in [4.69, 9.17) is 9.47 Å². The van der Waals surface area contributed by atoms with Crippen molar-refractivity contribution in [2.45, 2.75) is 57.2 Å². The molecular weight excluding hydrogens is 280 g/mol. The van der Waals surface area contributed by atoms with Crippen molar-refractivity contribution in [3.05, 3.63) is 0 Å². The molecule has 6 rings (SSSR count). The van der Waals surface area contributed by atoms with Crippen molar-refractivity contribution < 1.29 is 19.4 Å². The molecule has 122 valence electrons. The van der Waals surface area contributed by atoms with E-state index in [1.165, 1.54) is 25.7 Å². The summed E-state index contributed by atoms with van der Waals surface area (Å²) in [5, 5.41) is 9.94. The average molecular weight is 306 g/mol. The molecule has 0 amide bonds. The van der Waals surface area contributed by atoms with Crippen molar-refractivity contribution in [3.8, 4) is 0 Å². The van der Waals surface area contributed by atoms with Crippen LogP contribution < -0.4 is 0 Å². The van der Waals surface area contributed by atoms with Crippen LogP contribution in [0.1, 0.15) is 44.9 Å². The highest BCUT2D eigenvalue weighted by Crippen LogP contribution is 2.59. The summed E-state index contributed by atoms with van der Waals surface area (Å²) < 4.78 is 11.4. The summed E-state index contributed by atoms with van der Waals surface area (Å²) in [6.07, 6.45) is 8.21. The van der Waals surface area contributed by atoms with E-state index in [0.29, 0.717) is 17.9 Å². The summed E-state index contributed by atoms with van der Waals surface area (Å²) in [6.45, 7) is 0.123. The standard InChI is InChI=1S/C18H26O4/c19-16-6-10-4-14(16)15(5-10)18(20)22-8-21-17-12-2-9-1-11(7-12)13(17)3-9/h9-17,19H,1-8H2. The molecule has 0 heterocycles. The van der Waals surface area contributed by atoms with Gasteiger partial charge in [-0.05, 0) is 80.5 Å². The molecule has 0 aromatic heterocycles. The van der Waals surface area contributed by atoms with Gasteiger partial charge >= 0.3 is 5.97 Å². The SMILES string of the molecule is O=C(OCOC1C2CC3CC(C2)C1C3)C1CC2CC(O)C1C2. The number of ether oxygens (including phenoxy) is 2. The Morgan fingerprint density at radius 2 is 1.68 bits per heavy atom. The van der Waals surface area contributed by atoms with E-state index >= 15 is 0 Å². The van der Waals surface area contributed by atoms with E-state index in [1.54, 1.807) is 0 Å². The minimum atomic E-state index is -0.293. The first-order chi connectivity index (χ1) is 10.7. The summed E-state index contributed by atoms with van der Waals surface area (Å²) in [4.78, 5) is 12.3. The van der Waals surface area contributed by atoms with E-state index < -0.39 is 0 Å². The Balaban J connectivity index is 1.13. The number of aliphatic hydroxyl groups excluding tert-OH is 1. The van der Waals surface area contributed by atoms with Crippen LogP contribution in [0, 0.1) is 41.4 Å². The fourth-order valence-electron chi connectivity index (χ4n) is 6.80. The van der Waals surface area contributed by atoms with Crippen molar-refractivity contribution in [2.75, 3.05) is 6.79 Å². The first-order valence-corrected chi connectivity index (χ1v) is 9.15. The van der Waals surface area contributed by atoms with Crippen molar-refractivity contribution >= 4 is 5.97 Å². The number of carbonyl (C=O) groups is 1. The van der Waals surface area contributed by atoms with Gasteiger partial charge < -0.3 is 14.6 Å². The minimum absolute atomic E-state index is 0.0896. The number of hydrogen-bond donors (Lipinski definition) is 1. The van der Waals surface area contributed by atoms with E-state index in [2.05, 4.69) is 0 Å². The summed E-state index contributed by atoms with van der Waals surface area (Å²) in [7, 11) is 0. The zero-order chi connectivity index (χ0) is 14.8. The highest BCUT2D eigenvalue weighted by atomic mass is 16.7. The Kier molecular flexibility index (Phi) is 3.10. The topological polar surface area (TPSA) is 55.8 Å². The van der Waals surface area contributed by atoms with Gasteiger partial charge in [-0.2, -0.15) is 0 Å². The molecule has 0 aromatic rings. The number of rotatable bonds is 4. The molecule has 1 N–H and O–H groups in total. The maximum absolute atomic E-state index is 12.3. The second-order valence-corrected chi connectivity index (χ2v) is 8.62. The summed E-state index contributed by atoms with van der Waals surface area (Å²) in [5.74, 6) is 3.70. The predicted octanol–water partition coefficient (Wildman–Crippen LogP) is 2.35. The summed E-state index contributed by atoms with van der Waals surface area (Å²) in [6, 6.07) is 0. The molecule has 0 saturated heterocycles. The molecule has 9 atom stereocenters. The first-order valence-electron chi connectivity index (χ1n) is 9.15. The van der Waals surface area contributed by atoms with Crippen LogP contribution in [0.5, 0.6) is 0 Å². The Labute approximate surface area is 131 Å². The third-order valence-electron chi connectivity index (χ3n) is 7.52. The third kappa shape index (κ3) is 1.99. The molecule has 6 bridgehead atoms. The van der Waals surface area contributed by atoms with Gasteiger partial charge in [-0.25, -0.2) is 0 Å². The molecule has 22 heavy (non-hydrogen) atoms. The van der Waals surface area contributed by atoms with Gasteiger partial charge in [-0.1, -0.05) is 0 Å². The van der Waals surface area contributed by atoms with E-state index in [9.17, 15) is 9.90 Å².